The Labute approximate surface area is 151 Å². The van der Waals surface area contributed by atoms with Gasteiger partial charge in [0, 0.05) is 5.69 Å². The van der Waals surface area contributed by atoms with Crippen LogP contribution >= 0.6 is 11.6 Å². The molecule has 3 rings (SSSR count). The number of hydrogen-bond acceptors (Lipinski definition) is 6. The third-order valence-electron chi connectivity index (χ3n) is 4.22. The molecule has 2 heterocycles. The molecule has 0 N–H and O–H groups in total. The summed E-state index contributed by atoms with van der Waals surface area (Å²) in [6.07, 6.45) is 1.92. The lowest BCUT2D eigenvalue weighted by Gasteiger charge is -2.33. The first-order valence-electron chi connectivity index (χ1n) is 8.03. The topological polar surface area (TPSA) is 78.4 Å². The van der Waals surface area contributed by atoms with Crippen LogP contribution in [0.3, 0.4) is 0 Å². The maximum absolute atomic E-state index is 12.7. The minimum absolute atomic E-state index is 0.0212. The molecule has 0 spiro atoms. The van der Waals surface area contributed by atoms with Crippen molar-refractivity contribution in [2.75, 3.05) is 25.1 Å². The van der Waals surface area contributed by atoms with E-state index in [1.807, 2.05) is 37.3 Å². The summed E-state index contributed by atoms with van der Waals surface area (Å²) < 4.78 is 4.44. The van der Waals surface area contributed by atoms with Crippen LogP contribution < -0.4 is 9.55 Å². The Balaban J connectivity index is 2.19. The molecule has 25 heavy (non-hydrogen) atoms. The summed E-state index contributed by atoms with van der Waals surface area (Å²) in [4.78, 5) is 22.3. The molecular weight excluding hydrogens is 344 g/mol. The van der Waals surface area contributed by atoms with Crippen LogP contribution in [0, 0.1) is 5.21 Å². The fourth-order valence-electron chi connectivity index (χ4n) is 2.77. The average molecular weight is 363 g/mol. The molecule has 0 radical (unpaired) electrons. The van der Waals surface area contributed by atoms with Crippen molar-refractivity contribution in [3.8, 4) is 0 Å². The first kappa shape index (κ1) is 17.6. The summed E-state index contributed by atoms with van der Waals surface area (Å²) in [5.41, 5.74) is 1.12. The third-order valence-corrected chi connectivity index (χ3v) is 4.41. The predicted octanol–water partition coefficient (Wildman–Crippen LogP) is 3.04. The van der Waals surface area contributed by atoms with Crippen LogP contribution in [0.15, 0.2) is 36.5 Å². The summed E-state index contributed by atoms with van der Waals surface area (Å²) in [6, 6.07) is 8.65. The van der Waals surface area contributed by atoms with Gasteiger partial charge in [-0.2, -0.15) is 4.98 Å². The Hall–Kier alpha value is -2.22. The lowest BCUT2D eigenvalue weighted by Crippen LogP contribution is -2.40. The zero-order chi connectivity index (χ0) is 18.0. The molecular formula is C17H19ClN4O3. The highest BCUT2D eigenvalue weighted by atomic mass is 35.5. The van der Waals surface area contributed by atoms with Gasteiger partial charge < -0.3 is 19.5 Å². The van der Waals surface area contributed by atoms with Crippen molar-refractivity contribution in [2.45, 2.75) is 19.4 Å². The number of aromatic nitrogens is 2. The van der Waals surface area contributed by atoms with E-state index >= 15 is 0 Å². The zero-order valence-corrected chi connectivity index (χ0v) is 14.8. The maximum Gasteiger partial charge on any atom is 0.328 e. The third kappa shape index (κ3) is 3.44. The van der Waals surface area contributed by atoms with Gasteiger partial charge in [0.2, 0.25) is 11.1 Å². The van der Waals surface area contributed by atoms with E-state index in [9.17, 15) is 10.0 Å². The molecule has 1 aromatic heterocycles. The van der Waals surface area contributed by atoms with E-state index in [1.165, 1.54) is 13.3 Å². The molecule has 8 heteroatoms. The van der Waals surface area contributed by atoms with E-state index in [1.54, 1.807) is 4.90 Å². The largest absolute Gasteiger partial charge is 0.627 e. The molecule has 1 aromatic carbocycles. The Kier molecular flexibility index (Phi) is 4.89. The number of ether oxygens (including phenoxy) is 1. The number of methoxy groups -OCH3 is 1. The van der Waals surface area contributed by atoms with Crippen molar-refractivity contribution in [1.29, 1.82) is 0 Å². The number of benzene rings is 1. The van der Waals surface area contributed by atoms with Crippen molar-refractivity contribution in [3.05, 3.63) is 47.0 Å². The second-order valence-electron chi connectivity index (χ2n) is 5.84. The average Bonchev–Trinajstić information content (AvgIpc) is 3.38. The number of hydroxylamine groups is 2. The van der Waals surface area contributed by atoms with Crippen LogP contribution in [0.25, 0.3) is 0 Å². The molecule has 1 aliphatic heterocycles. The normalized spacial score (nSPS) is 16.2. The summed E-state index contributed by atoms with van der Waals surface area (Å²) >= 11 is 6.01. The van der Waals surface area contributed by atoms with E-state index < -0.39 is 16.7 Å². The summed E-state index contributed by atoms with van der Waals surface area (Å²) in [6.45, 7) is 2.78. The molecule has 0 bridgehead atoms. The van der Waals surface area contributed by atoms with Gasteiger partial charge in [-0.1, -0.05) is 25.1 Å². The van der Waals surface area contributed by atoms with Gasteiger partial charge in [0.25, 0.3) is 0 Å². The SMILES string of the molecule is CCC(C(=O)OC)N(c1ccccc1)c1nc(Cl)ncc1[N+]1([O-])CC1. The molecule has 0 aliphatic carbocycles. The number of quaternary nitrogens is 1. The van der Waals surface area contributed by atoms with E-state index in [0.29, 0.717) is 31.0 Å². The van der Waals surface area contributed by atoms with Gasteiger partial charge in [0.15, 0.2) is 5.69 Å². The first-order chi connectivity index (χ1) is 12.0. The molecule has 1 atom stereocenters. The second kappa shape index (κ2) is 6.95. The lowest BCUT2D eigenvalue weighted by molar-refractivity contribution is -0.142. The quantitative estimate of drug-likeness (QED) is 0.258. The fraction of sp³-hybridized carbons (Fsp3) is 0.353. The number of rotatable bonds is 6. The molecule has 0 amide bonds. The van der Waals surface area contributed by atoms with Crippen molar-refractivity contribution < 1.29 is 9.53 Å². The van der Waals surface area contributed by atoms with Gasteiger partial charge in [0.05, 0.1) is 13.3 Å². The molecule has 2 aromatic rings. The molecule has 0 saturated carbocycles. The summed E-state index contributed by atoms with van der Waals surface area (Å²) in [5, 5.41) is 12.7. The number of anilines is 2. The molecule has 7 nitrogen and oxygen atoms in total. The van der Waals surface area contributed by atoms with E-state index in [0.717, 1.165) is 5.69 Å². The fourth-order valence-corrected chi connectivity index (χ4v) is 2.90. The summed E-state index contributed by atoms with van der Waals surface area (Å²) in [7, 11) is 1.34. The van der Waals surface area contributed by atoms with Crippen molar-refractivity contribution in [3.63, 3.8) is 0 Å². The van der Waals surface area contributed by atoms with Gasteiger partial charge in [-0.05, 0) is 30.2 Å². The van der Waals surface area contributed by atoms with Crippen molar-refractivity contribution in [2.24, 2.45) is 0 Å². The van der Waals surface area contributed by atoms with Gasteiger partial charge in [-0.15, -0.1) is 0 Å². The van der Waals surface area contributed by atoms with Crippen LogP contribution in [-0.2, 0) is 9.53 Å². The smallest absolute Gasteiger partial charge is 0.328 e. The molecule has 1 saturated heterocycles. The Morgan fingerprint density at radius 1 is 1.40 bits per heavy atom. The monoisotopic (exact) mass is 362 g/mol. The molecule has 1 fully saturated rings. The number of nitrogens with zero attached hydrogens (tertiary/aromatic N) is 4. The van der Waals surface area contributed by atoms with Gasteiger partial charge in [-0.25, -0.2) is 9.78 Å². The van der Waals surface area contributed by atoms with Crippen LogP contribution in [0.4, 0.5) is 17.2 Å². The molecule has 1 aliphatic rings. The number of esters is 1. The number of carbonyl (C=O) groups is 1. The van der Waals surface area contributed by atoms with E-state index in [2.05, 4.69) is 9.97 Å². The Morgan fingerprint density at radius 3 is 2.64 bits per heavy atom. The first-order valence-corrected chi connectivity index (χ1v) is 8.41. The van der Waals surface area contributed by atoms with Crippen molar-refractivity contribution in [1.82, 2.24) is 14.6 Å². The van der Waals surface area contributed by atoms with E-state index in [-0.39, 0.29) is 5.28 Å². The van der Waals surface area contributed by atoms with E-state index in [4.69, 9.17) is 16.3 Å². The Bertz CT molecular complexity index is 768. The van der Waals surface area contributed by atoms with Crippen LogP contribution in [0.5, 0.6) is 0 Å². The molecule has 132 valence electrons. The van der Waals surface area contributed by atoms with Crippen LogP contribution in [-0.4, -0.2) is 42.2 Å². The highest BCUT2D eigenvalue weighted by Gasteiger charge is 2.42. The standard InChI is InChI=1S/C17H19ClN4O3/c1-3-13(16(23)25-2)21(12-7-5-4-6-8-12)15-14(22(24)9-10-22)11-19-17(18)20-15/h4-8,11,13H,3,9-10H2,1-2H3. The minimum Gasteiger partial charge on any atom is -0.627 e. The highest BCUT2D eigenvalue weighted by Crippen LogP contribution is 2.41. The van der Waals surface area contributed by atoms with Gasteiger partial charge >= 0.3 is 5.97 Å². The zero-order valence-electron chi connectivity index (χ0n) is 14.1. The number of hydrogen-bond donors (Lipinski definition) is 0. The highest BCUT2D eigenvalue weighted by molar-refractivity contribution is 6.28. The van der Waals surface area contributed by atoms with Gasteiger partial charge in [-0.3, -0.25) is 0 Å². The molecule has 1 unspecified atom stereocenters. The van der Waals surface area contributed by atoms with Crippen LogP contribution in [0.2, 0.25) is 5.28 Å². The summed E-state index contributed by atoms with van der Waals surface area (Å²) in [5.74, 6) is -0.0637. The Morgan fingerprint density at radius 2 is 2.08 bits per heavy atom. The minimum atomic E-state index is -0.635. The second-order valence-corrected chi connectivity index (χ2v) is 6.18. The van der Waals surface area contributed by atoms with Gasteiger partial charge in [0.1, 0.15) is 19.1 Å². The number of halogens is 1. The van der Waals surface area contributed by atoms with Crippen molar-refractivity contribution >= 4 is 34.8 Å². The maximum atomic E-state index is 12.7. The van der Waals surface area contributed by atoms with Crippen LogP contribution in [0.1, 0.15) is 13.3 Å². The number of para-hydroxylation sites is 1. The number of carbonyl (C=O) groups excluding carboxylic acids is 1. The predicted molar refractivity (Wildman–Crippen MR) is 96.6 cm³/mol. The lowest BCUT2D eigenvalue weighted by atomic mass is 10.1.